The van der Waals surface area contributed by atoms with Crippen LogP contribution in [-0.4, -0.2) is 5.71 Å². The van der Waals surface area contributed by atoms with E-state index >= 15 is 0 Å². The van der Waals surface area contributed by atoms with Gasteiger partial charge in [0.15, 0.2) is 5.57 Å². The zero-order valence-corrected chi connectivity index (χ0v) is 19.4. The predicted octanol–water partition coefficient (Wildman–Crippen LogP) is 5.56. The van der Waals surface area contributed by atoms with Crippen molar-refractivity contribution in [2.24, 2.45) is 5.10 Å². The Balaban J connectivity index is 2.06. The lowest BCUT2D eigenvalue weighted by atomic mass is 9.75. The van der Waals surface area contributed by atoms with Gasteiger partial charge in [0, 0.05) is 5.57 Å². The van der Waals surface area contributed by atoms with Crippen LogP contribution in [-0.2, 0) is 5.54 Å². The van der Waals surface area contributed by atoms with Crippen molar-refractivity contribution < 1.29 is 0 Å². The van der Waals surface area contributed by atoms with E-state index in [1.165, 1.54) is 0 Å². The summed E-state index contributed by atoms with van der Waals surface area (Å²) in [5.41, 5.74) is 7.05. The van der Waals surface area contributed by atoms with Gasteiger partial charge in [-0.2, -0.15) is 20.9 Å². The van der Waals surface area contributed by atoms with E-state index in [0.717, 1.165) is 22.4 Å². The Morgan fingerprint density at radius 1 is 0.857 bits per heavy atom. The highest BCUT2D eigenvalue weighted by atomic mass is 15.3. The molecule has 3 aromatic rings. The summed E-state index contributed by atoms with van der Waals surface area (Å²) in [6, 6.07) is 33.0. The van der Waals surface area contributed by atoms with Gasteiger partial charge in [0.1, 0.15) is 23.7 Å². The Hall–Kier alpha value is -5.12. The van der Waals surface area contributed by atoms with Gasteiger partial charge in [0.25, 0.3) is 0 Å². The van der Waals surface area contributed by atoms with Gasteiger partial charge in [0.05, 0.1) is 22.7 Å². The van der Waals surface area contributed by atoms with Crippen molar-refractivity contribution in [3.8, 4) is 18.2 Å². The maximum atomic E-state index is 10.2. The summed E-state index contributed by atoms with van der Waals surface area (Å²) >= 11 is 0. The molecule has 0 fully saturated rings. The molecule has 0 saturated carbocycles. The molecular weight excluding hydrogens is 432 g/mol. The zero-order valence-electron chi connectivity index (χ0n) is 19.4. The maximum absolute atomic E-state index is 10.2. The molecule has 4 rings (SSSR count). The number of nitrogens with zero attached hydrogens (tertiary/aromatic N) is 4. The SMILES string of the molecule is Cc1ccc(N/N=C2\C(c3ccccc3)=C(C#N)C(=C(C#N)C#N)NC2(C)c2ccccc2)cc1. The molecule has 1 aliphatic heterocycles. The Morgan fingerprint density at radius 2 is 1.46 bits per heavy atom. The van der Waals surface area contributed by atoms with Gasteiger partial charge < -0.3 is 5.32 Å². The number of benzene rings is 3. The molecule has 0 aliphatic carbocycles. The highest BCUT2D eigenvalue weighted by Crippen LogP contribution is 2.40. The number of rotatable bonds is 4. The minimum atomic E-state index is -0.960. The third kappa shape index (κ3) is 4.40. The second kappa shape index (κ2) is 9.79. The van der Waals surface area contributed by atoms with E-state index in [2.05, 4.69) is 16.8 Å². The molecular formula is C29H22N6. The molecule has 35 heavy (non-hydrogen) atoms. The van der Waals surface area contributed by atoms with Crippen LogP contribution in [0.2, 0.25) is 0 Å². The molecule has 2 N–H and O–H groups in total. The van der Waals surface area contributed by atoms with Crippen LogP contribution in [0.15, 0.2) is 107 Å². The molecule has 0 aromatic heterocycles. The zero-order chi connectivity index (χ0) is 24.8. The lowest BCUT2D eigenvalue weighted by Gasteiger charge is -2.40. The van der Waals surface area contributed by atoms with Gasteiger partial charge in [-0.05, 0) is 37.1 Å². The van der Waals surface area contributed by atoms with E-state index in [1.807, 2.05) is 111 Å². The average molecular weight is 455 g/mol. The highest BCUT2D eigenvalue weighted by molar-refractivity contribution is 6.31. The molecule has 168 valence electrons. The number of hydrogen-bond donors (Lipinski definition) is 2. The molecule has 1 heterocycles. The Labute approximate surface area is 204 Å². The summed E-state index contributed by atoms with van der Waals surface area (Å²) in [4.78, 5) is 0. The van der Waals surface area contributed by atoms with Gasteiger partial charge in [-0.25, -0.2) is 0 Å². The molecule has 3 aromatic carbocycles. The number of hydrogen-bond acceptors (Lipinski definition) is 6. The van der Waals surface area contributed by atoms with Crippen LogP contribution in [0, 0.1) is 40.9 Å². The first-order valence-corrected chi connectivity index (χ1v) is 11.0. The van der Waals surface area contributed by atoms with Crippen LogP contribution in [0.5, 0.6) is 0 Å². The molecule has 0 spiro atoms. The molecule has 1 aliphatic rings. The van der Waals surface area contributed by atoms with Crippen LogP contribution in [0.4, 0.5) is 5.69 Å². The van der Waals surface area contributed by atoms with Crippen LogP contribution in [0.1, 0.15) is 23.6 Å². The second-order valence-corrected chi connectivity index (χ2v) is 8.26. The summed E-state index contributed by atoms with van der Waals surface area (Å²) < 4.78 is 0. The molecule has 6 nitrogen and oxygen atoms in total. The molecule has 0 bridgehead atoms. The first-order chi connectivity index (χ1) is 17.0. The van der Waals surface area contributed by atoms with Gasteiger partial charge in [-0.1, -0.05) is 78.4 Å². The summed E-state index contributed by atoms with van der Waals surface area (Å²) in [5, 5.41) is 37.7. The Kier molecular flexibility index (Phi) is 6.45. The average Bonchev–Trinajstić information content (AvgIpc) is 2.90. The van der Waals surface area contributed by atoms with Crippen LogP contribution in [0.25, 0.3) is 5.57 Å². The van der Waals surface area contributed by atoms with Crippen molar-refractivity contribution in [3.05, 3.63) is 118 Å². The number of anilines is 1. The largest absolute Gasteiger partial charge is 0.368 e. The van der Waals surface area contributed by atoms with E-state index in [9.17, 15) is 15.8 Å². The first-order valence-electron chi connectivity index (χ1n) is 11.0. The van der Waals surface area contributed by atoms with Crippen LogP contribution in [0.3, 0.4) is 0 Å². The molecule has 0 amide bonds. The minimum Gasteiger partial charge on any atom is -0.368 e. The van der Waals surface area contributed by atoms with E-state index < -0.39 is 5.54 Å². The second-order valence-electron chi connectivity index (χ2n) is 8.26. The lowest BCUT2D eigenvalue weighted by Crippen LogP contribution is -2.51. The van der Waals surface area contributed by atoms with E-state index in [4.69, 9.17) is 5.10 Å². The fraction of sp³-hybridized carbons (Fsp3) is 0.103. The van der Waals surface area contributed by atoms with Crippen molar-refractivity contribution in [3.63, 3.8) is 0 Å². The van der Waals surface area contributed by atoms with Gasteiger partial charge in [0.2, 0.25) is 0 Å². The number of nitrogens with one attached hydrogen (secondary N) is 2. The van der Waals surface area contributed by atoms with Crippen molar-refractivity contribution in [2.75, 3.05) is 5.43 Å². The third-order valence-electron chi connectivity index (χ3n) is 5.93. The van der Waals surface area contributed by atoms with Crippen LogP contribution < -0.4 is 10.7 Å². The topological polar surface area (TPSA) is 108 Å². The van der Waals surface area contributed by atoms with Crippen molar-refractivity contribution in [2.45, 2.75) is 19.4 Å². The predicted molar refractivity (Wildman–Crippen MR) is 136 cm³/mol. The summed E-state index contributed by atoms with van der Waals surface area (Å²) in [6.07, 6.45) is 0. The van der Waals surface area contributed by atoms with E-state index in [0.29, 0.717) is 11.3 Å². The smallest absolute Gasteiger partial charge is 0.154 e. The van der Waals surface area contributed by atoms with E-state index in [-0.39, 0.29) is 16.8 Å². The quantitative estimate of drug-likeness (QED) is 0.396. The van der Waals surface area contributed by atoms with Gasteiger partial charge in [-0.15, -0.1) is 0 Å². The maximum Gasteiger partial charge on any atom is 0.154 e. The normalized spacial score (nSPS) is 18.1. The Bertz CT molecular complexity index is 1440. The molecule has 1 unspecified atom stereocenters. The number of nitriles is 3. The number of allylic oxidation sites excluding steroid dienone is 2. The van der Waals surface area contributed by atoms with Gasteiger partial charge >= 0.3 is 0 Å². The van der Waals surface area contributed by atoms with Gasteiger partial charge in [-0.3, -0.25) is 5.43 Å². The fourth-order valence-corrected chi connectivity index (χ4v) is 4.08. The first kappa shape index (κ1) is 23.1. The number of aryl methyl sites for hydroxylation is 1. The summed E-state index contributed by atoms with van der Waals surface area (Å²) in [7, 11) is 0. The van der Waals surface area contributed by atoms with Crippen molar-refractivity contribution in [1.82, 2.24) is 5.32 Å². The number of hydrazone groups is 1. The third-order valence-corrected chi connectivity index (χ3v) is 5.93. The minimum absolute atomic E-state index is 0.164. The Morgan fingerprint density at radius 3 is 2.03 bits per heavy atom. The molecule has 0 radical (unpaired) electrons. The highest BCUT2D eigenvalue weighted by Gasteiger charge is 2.43. The van der Waals surface area contributed by atoms with Crippen molar-refractivity contribution in [1.29, 1.82) is 15.8 Å². The lowest BCUT2D eigenvalue weighted by molar-refractivity contribution is 0.545. The summed E-state index contributed by atoms with van der Waals surface area (Å²) in [5.74, 6) is 0. The fourth-order valence-electron chi connectivity index (χ4n) is 4.08. The monoisotopic (exact) mass is 454 g/mol. The molecule has 6 heteroatoms. The standard InChI is InChI=1S/C29H22N6/c1-20-13-15-24(16-14-20)34-35-28-26(21-9-5-3-6-10-21)25(19-32)27(22(17-30)18-31)33-29(28,2)23-11-7-4-8-12-23/h3-16,33-34H,1-2H3/b35-28+. The molecule has 0 saturated heterocycles. The molecule has 1 atom stereocenters. The van der Waals surface area contributed by atoms with Crippen LogP contribution >= 0.6 is 0 Å². The summed E-state index contributed by atoms with van der Waals surface area (Å²) in [6.45, 7) is 3.94. The van der Waals surface area contributed by atoms with E-state index in [1.54, 1.807) is 0 Å². The van der Waals surface area contributed by atoms with Crippen molar-refractivity contribution >= 4 is 17.0 Å².